The predicted octanol–water partition coefficient (Wildman–Crippen LogP) is 1.68. The van der Waals surface area contributed by atoms with Gasteiger partial charge >= 0.3 is 0 Å². The number of hydrogen-bond acceptors (Lipinski definition) is 3. The predicted molar refractivity (Wildman–Crippen MR) is 77.9 cm³/mol. The number of nitrogens with one attached hydrogen (secondary N) is 2. The van der Waals surface area contributed by atoms with E-state index in [0.29, 0.717) is 11.8 Å². The van der Waals surface area contributed by atoms with Crippen molar-refractivity contribution >= 4 is 5.91 Å². The van der Waals surface area contributed by atoms with Gasteiger partial charge in [0.1, 0.15) is 0 Å². The molecule has 0 spiro atoms. The zero-order valence-corrected chi connectivity index (χ0v) is 12.6. The zero-order valence-electron chi connectivity index (χ0n) is 12.6. The molecule has 1 amide bonds. The molecule has 1 unspecified atom stereocenters. The van der Waals surface area contributed by atoms with E-state index in [1.165, 1.54) is 0 Å². The standard InChI is InChI=1S/C15H30N2O2/c1-11(2)8-9-16-15(19)12(3)17-10-13-4-6-14(18)7-5-13/h11-14,17-18H,4-10H2,1-3H3,(H,16,19). The molecule has 19 heavy (non-hydrogen) atoms. The third-order valence-corrected chi connectivity index (χ3v) is 3.94. The molecule has 3 N–H and O–H groups in total. The Morgan fingerprint density at radius 3 is 2.42 bits per heavy atom. The lowest BCUT2D eigenvalue weighted by molar-refractivity contribution is -0.122. The van der Waals surface area contributed by atoms with E-state index >= 15 is 0 Å². The molecular weight excluding hydrogens is 240 g/mol. The smallest absolute Gasteiger partial charge is 0.236 e. The van der Waals surface area contributed by atoms with Gasteiger partial charge in [0, 0.05) is 6.54 Å². The lowest BCUT2D eigenvalue weighted by Crippen LogP contribution is -2.44. The van der Waals surface area contributed by atoms with E-state index < -0.39 is 0 Å². The number of rotatable bonds is 7. The molecule has 1 saturated carbocycles. The maximum absolute atomic E-state index is 11.8. The van der Waals surface area contributed by atoms with Crippen LogP contribution in [0.1, 0.15) is 52.9 Å². The van der Waals surface area contributed by atoms with Crippen molar-refractivity contribution in [2.24, 2.45) is 11.8 Å². The molecular formula is C15H30N2O2. The molecule has 112 valence electrons. The van der Waals surface area contributed by atoms with Crippen LogP contribution in [0, 0.1) is 11.8 Å². The second kappa shape index (κ2) is 8.54. The molecule has 1 aliphatic carbocycles. The normalized spacial score (nSPS) is 25.3. The van der Waals surface area contributed by atoms with Gasteiger partial charge in [-0.05, 0) is 57.4 Å². The summed E-state index contributed by atoms with van der Waals surface area (Å²) in [7, 11) is 0. The molecule has 4 heteroatoms. The van der Waals surface area contributed by atoms with Gasteiger partial charge in [-0.2, -0.15) is 0 Å². The molecule has 0 heterocycles. The summed E-state index contributed by atoms with van der Waals surface area (Å²) in [6, 6.07) is -0.126. The van der Waals surface area contributed by atoms with E-state index in [-0.39, 0.29) is 18.1 Å². The quantitative estimate of drug-likeness (QED) is 0.659. The lowest BCUT2D eigenvalue weighted by atomic mass is 9.87. The Morgan fingerprint density at radius 2 is 1.84 bits per heavy atom. The Morgan fingerprint density at radius 1 is 1.21 bits per heavy atom. The van der Waals surface area contributed by atoms with Crippen molar-refractivity contribution in [2.45, 2.75) is 65.0 Å². The average Bonchev–Trinajstić information content (AvgIpc) is 2.37. The fourth-order valence-corrected chi connectivity index (χ4v) is 2.42. The molecule has 0 bridgehead atoms. The first kappa shape index (κ1) is 16.4. The van der Waals surface area contributed by atoms with Crippen molar-refractivity contribution in [1.29, 1.82) is 0 Å². The van der Waals surface area contributed by atoms with E-state index in [0.717, 1.165) is 45.2 Å². The maximum Gasteiger partial charge on any atom is 0.236 e. The molecule has 0 saturated heterocycles. The van der Waals surface area contributed by atoms with Crippen LogP contribution in [-0.2, 0) is 4.79 Å². The number of aliphatic hydroxyl groups is 1. The highest BCUT2D eigenvalue weighted by Crippen LogP contribution is 2.23. The first-order valence-electron chi connectivity index (χ1n) is 7.68. The minimum absolute atomic E-state index is 0.0940. The van der Waals surface area contributed by atoms with Crippen molar-refractivity contribution in [3.8, 4) is 0 Å². The summed E-state index contributed by atoms with van der Waals surface area (Å²) in [5, 5.41) is 15.7. The van der Waals surface area contributed by atoms with Crippen molar-refractivity contribution in [3.63, 3.8) is 0 Å². The Labute approximate surface area is 117 Å². The van der Waals surface area contributed by atoms with Gasteiger partial charge in [-0.25, -0.2) is 0 Å². The molecule has 0 aromatic heterocycles. The van der Waals surface area contributed by atoms with Crippen molar-refractivity contribution in [2.75, 3.05) is 13.1 Å². The molecule has 0 radical (unpaired) electrons. The first-order valence-corrected chi connectivity index (χ1v) is 7.68. The van der Waals surface area contributed by atoms with Gasteiger partial charge in [-0.3, -0.25) is 4.79 Å². The molecule has 0 aromatic rings. The van der Waals surface area contributed by atoms with Crippen molar-refractivity contribution < 1.29 is 9.90 Å². The summed E-state index contributed by atoms with van der Waals surface area (Å²) in [4.78, 5) is 11.8. The summed E-state index contributed by atoms with van der Waals surface area (Å²) in [5.41, 5.74) is 0. The lowest BCUT2D eigenvalue weighted by Gasteiger charge is -2.26. The number of aliphatic hydroxyl groups excluding tert-OH is 1. The van der Waals surface area contributed by atoms with Gasteiger partial charge < -0.3 is 15.7 Å². The van der Waals surface area contributed by atoms with Crippen LogP contribution in [0.4, 0.5) is 0 Å². The van der Waals surface area contributed by atoms with Gasteiger partial charge in [0.15, 0.2) is 0 Å². The Bertz CT molecular complexity index is 261. The second-order valence-electron chi connectivity index (χ2n) is 6.28. The van der Waals surface area contributed by atoms with Crippen LogP contribution in [0.15, 0.2) is 0 Å². The molecule has 1 fully saturated rings. The fourth-order valence-electron chi connectivity index (χ4n) is 2.42. The largest absolute Gasteiger partial charge is 0.393 e. The van der Waals surface area contributed by atoms with Gasteiger partial charge in [-0.1, -0.05) is 13.8 Å². The number of hydrogen-bond donors (Lipinski definition) is 3. The molecule has 1 atom stereocenters. The highest BCUT2D eigenvalue weighted by Gasteiger charge is 2.20. The van der Waals surface area contributed by atoms with E-state index in [1.807, 2.05) is 6.92 Å². The fraction of sp³-hybridized carbons (Fsp3) is 0.933. The number of amides is 1. The number of carbonyl (C=O) groups excluding carboxylic acids is 1. The Kier molecular flexibility index (Phi) is 7.39. The summed E-state index contributed by atoms with van der Waals surface area (Å²) in [6.45, 7) is 7.88. The SMILES string of the molecule is CC(C)CCNC(=O)C(C)NCC1CCC(O)CC1. The van der Waals surface area contributed by atoms with Gasteiger partial charge in [0.25, 0.3) is 0 Å². The van der Waals surface area contributed by atoms with E-state index in [1.54, 1.807) is 0 Å². The zero-order chi connectivity index (χ0) is 14.3. The number of carbonyl (C=O) groups is 1. The summed E-state index contributed by atoms with van der Waals surface area (Å²) < 4.78 is 0. The van der Waals surface area contributed by atoms with Crippen LogP contribution in [-0.4, -0.2) is 36.2 Å². The minimum Gasteiger partial charge on any atom is -0.393 e. The van der Waals surface area contributed by atoms with Gasteiger partial charge in [0.2, 0.25) is 5.91 Å². The molecule has 0 aliphatic heterocycles. The molecule has 0 aromatic carbocycles. The van der Waals surface area contributed by atoms with E-state index in [4.69, 9.17) is 0 Å². The monoisotopic (exact) mass is 270 g/mol. The molecule has 4 nitrogen and oxygen atoms in total. The van der Waals surface area contributed by atoms with Crippen molar-refractivity contribution in [1.82, 2.24) is 10.6 Å². The summed E-state index contributed by atoms with van der Waals surface area (Å²) >= 11 is 0. The topological polar surface area (TPSA) is 61.4 Å². The minimum atomic E-state index is -0.126. The summed E-state index contributed by atoms with van der Waals surface area (Å²) in [6.07, 6.45) is 4.86. The average molecular weight is 270 g/mol. The van der Waals surface area contributed by atoms with Crippen LogP contribution in [0.3, 0.4) is 0 Å². The van der Waals surface area contributed by atoms with E-state index in [2.05, 4.69) is 24.5 Å². The van der Waals surface area contributed by atoms with Gasteiger partial charge in [0.05, 0.1) is 12.1 Å². The van der Waals surface area contributed by atoms with Crippen LogP contribution in [0.25, 0.3) is 0 Å². The van der Waals surface area contributed by atoms with Crippen LogP contribution >= 0.6 is 0 Å². The van der Waals surface area contributed by atoms with Crippen LogP contribution in [0.2, 0.25) is 0 Å². The highest BCUT2D eigenvalue weighted by atomic mass is 16.3. The third-order valence-electron chi connectivity index (χ3n) is 3.94. The highest BCUT2D eigenvalue weighted by molar-refractivity contribution is 5.81. The van der Waals surface area contributed by atoms with Crippen molar-refractivity contribution in [3.05, 3.63) is 0 Å². The molecule has 1 rings (SSSR count). The van der Waals surface area contributed by atoms with Crippen LogP contribution in [0.5, 0.6) is 0 Å². The second-order valence-corrected chi connectivity index (χ2v) is 6.28. The maximum atomic E-state index is 11.8. The molecule has 1 aliphatic rings. The van der Waals surface area contributed by atoms with E-state index in [9.17, 15) is 9.90 Å². The first-order chi connectivity index (χ1) is 8.99. The van der Waals surface area contributed by atoms with Gasteiger partial charge in [-0.15, -0.1) is 0 Å². The Hall–Kier alpha value is -0.610. The Balaban J connectivity index is 2.12. The third kappa shape index (κ3) is 6.92. The van der Waals surface area contributed by atoms with Crippen LogP contribution < -0.4 is 10.6 Å². The summed E-state index contributed by atoms with van der Waals surface area (Å²) in [5.74, 6) is 1.32.